The zero-order chi connectivity index (χ0) is 43.9. The fraction of sp³-hybridized carbons (Fsp3) is 0.0806. The molecular formula is C62H44N4. The Balaban J connectivity index is 1.04. The topological polar surface area (TPSA) is 43.6 Å². The van der Waals surface area contributed by atoms with E-state index in [0.29, 0.717) is 17.6 Å². The predicted molar refractivity (Wildman–Crippen MR) is 270 cm³/mol. The maximum Gasteiger partial charge on any atom is 0.238 e. The van der Waals surface area contributed by atoms with E-state index in [9.17, 15) is 0 Å². The average Bonchev–Trinajstić information content (AvgIpc) is 3.98. The Morgan fingerprint density at radius 3 is 1.68 bits per heavy atom. The minimum Gasteiger partial charge on any atom is -0.278 e. The number of hydrogen-bond acceptors (Lipinski definition) is 3. The van der Waals surface area contributed by atoms with Crippen LogP contribution >= 0.6 is 0 Å². The van der Waals surface area contributed by atoms with E-state index in [1.165, 1.54) is 77.7 Å². The Labute approximate surface area is 384 Å². The van der Waals surface area contributed by atoms with Crippen molar-refractivity contribution in [2.45, 2.75) is 31.6 Å². The molecule has 1 spiro atoms. The summed E-state index contributed by atoms with van der Waals surface area (Å²) in [5, 5.41) is 2.32. The summed E-state index contributed by atoms with van der Waals surface area (Å²) in [6.07, 6.45) is 0.941. The third-order valence-corrected chi connectivity index (χ3v) is 14.4. The van der Waals surface area contributed by atoms with E-state index in [2.05, 4.69) is 225 Å². The van der Waals surface area contributed by atoms with E-state index >= 15 is 0 Å². The smallest absolute Gasteiger partial charge is 0.238 e. The fourth-order valence-corrected chi connectivity index (χ4v) is 11.5. The Kier molecular flexibility index (Phi) is 8.66. The number of fused-ring (bicyclic) bond motifs is 13. The summed E-state index contributed by atoms with van der Waals surface area (Å²) in [5.41, 5.74) is 20.2. The zero-order valence-corrected chi connectivity index (χ0v) is 36.8. The molecule has 0 saturated carbocycles. The molecule has 0 radical (unpaired) electrons. The van der Waals surface area contributed by atoms with Gasteiger partial charge in [0.2, 0.25) is 5.95 Å². The first-order valence-electron chi connectivity index (χ1n) is 23.1. The molecule has 4 heteroatoms. The zero-order valence-electron chi connectivity index (χ0n) is 36.8. The van der Waals surface area contributed by atoms with Gasteiger partial charge < -0.3 is 0 Å². The lowest BCUT2D eigenvalue weighted by Crippen LogP contribution is -2.25. The quantitative estimate of drug-likeness (QED) is 0.160. The number of rotatable bonds is 7. The van der Waals surface area contributed by atoms with Gasteiger partial charge in [-0.3, -0.25) is 4.57 Å². The third kappa shape index (κ3) is 5.55. The van der Waals surface area contributed by atoms with Crippen LogP contribution in [0.3, 0.4) is 0 Å². The number of benzene rings is 9. The average molecular weight is 845 g/mol. The molecule has 0 aliphatic heterocycles. The summed E-state index contributed by atoms with van der Waals surface area (Å²) in [6, 6.07) is 77.3. The van der Waals surface area contributed by atoms with Gasteiger partial charge in [-0.1, -0.05) is 195 Å². The van der Waals surface area contributed by atoms with Crippen molar-refractivity contribution in [2.75, 3.05) is 0 Å². The van der Waals surface area contributed by atoms with Crippen LogP contribution in [0.5, 0.6) is 0 Å². The standard InChI is InChI=1S/C62H44N4/c1-3-43(45-26-9-10-27-46(45)44-25-8-7-20-39(44)2)41-23-19-24-42(36-41)60-63-59(40-21-5-4-6-22-40)64-61(65-60)66-57-35-18-14-31-50(57)52-37-51-49-30-13-17-34-55(49)62(56(51)38-58(52)66)53-32-15-11-28-47(53)48-29-12-16-33-54(48)62/h4-38,43H,3H2,1-2H3. The first-order chi connectivity index (χ1) is 32.6. The SMILES string of the molecule is CCC(c1cccc(-c2nc(-c3ccccc3)nc(-n3c4ccccc4c4cc5c(cc43)C3(c4ccccc4-c4ccccc43)c3ccccc3-5)n2)c1)c1ccccc1-c1ccccc1C. The van der Waals surface area contributed by atoms with E-state index in [0.717, 1.165) is 34.0 Å². The molecule has 13 rings (SSSR count). The molecule has 66 heavy (non-hydrogen) atoms. The van der Waals surface area contributed by atoms with Crippen molar-refractivity contribution in [3.8, 4) is 62.1 Å². The lowest BCUT2D eigenvalue weighted by Gasteiger charge is -2.30. The van der Waals surface area contributed by atoms with Crippen LogP contribution in [0.15, 0.2) is 212 Å². The van der Waals surface area contributed by atoms with Crippen molar-refractivity contribution in [1.82, 2.24) is 19.5 Å². The van der Waals surface area contributed by atoms with Gasteiger partial charge in [-0.2, -0.15) is 9.97 Å². The molecule has 2 aromatic heterocycles. The van der Waals surface area contributed by atoms with Crippen LogP contribution in [0, 0.1) is 6.92 Å². The molecular weight excluding hydrogens is 801 g/mol. The lowest BCUT2D eigenvalue weighted by molar-refractivity contribution is 0.779. The highest BCUT2D eigenvalue weighted by molar-refractivity contribution is 6.12. The van der Waals surface area contributed by atoms with Crippen LogP contribution in [0.4, 0.5) is 0 Å². The monoisotopic (exact) mass is 844 g/mol. The van der Waals surface area contributed by atoms with Crippen molar-refractivity contribution in [3.05, 3.63) is 251 Å². The first kappa shape index (κ1) is 38.3. The van der Waals surface area contributed by atoms with Crippen LogP contribution in [0.2, 0.25) is 0 Å². The summed E-state index contributed by atoms with van der Waals surface area (Å²) < 4.78 is 2.28. The molecule has 2 aliphatic carbocycles. The van der Waals surface area contributed by atoms with Gasteiger partial charge in [0.15, 0.2) is 11.6 Å². The van der Waals surface area contributed by atoms with Crippen molar-refractivity contribution >= 4 is 21.8 Å². The van der Waals surface area contributed by atoms with Crippen LogP contribution in [-0.2, 0) is 5.41 Å². The second kappa shape index (κ2) is 14.9. The van der Waals surface area contributed by atoms with E-state index in [4.69, 9.17) is 15.0 Å². The molecule has 0 N–H and O–H groups in total. The van der Waals surface area contributed by atoms with Crippen molar-refractivity contribution in [2.24, 2.45) is 0 Å². The summed E-state index contributed by atoms with van der Waals surface area (Å²) in [6.45, 7) is 4.48. The maximum atomic E-state index is 5.48. The molecule has 9 aromatic carbocycles. The van der Waals surface area contributed by atoms with E-state index in [1.54, 1.807) is 0 Å². The second-order valence-electron chi connectivity index (χ2n) is 17.8. The van der Waals surface area contributed by atoms with Gasteiger partial charge in [0.1, 0.15) is 0 Å². The lowest BCUT2D eigenvalue weighted by atomic mass is 9.70. The Morgan fingerprint density at radius 1 is 0.424 bits per heavy atom. The maximum absolute atomic E-state index is 5.48. The van der Waals surface area contributed by atoms with Gasteiger partial charge in [-0.15, -0.1) is 0 Å². The third-order valence-electron chi connectivity index (χ3n) is 14.4. The molecule has 0 saturated heterocycles. The van der Waals surface area contributed by atoms with Gasteiger partial charge in [0, 0.05) is 27.8 Å². The number of aryl methyl sites for hydroxylation is 1. The van der Waals surface area contributed by atoms with E-state index in [-0.39, 0.29) is 5.92 Å². The Hall–Kier alpha value is -8.21. The number of aromatic nitrogens is 4. The summed E-state index contributed by atoms with van der Waals surface area (Å²) in [7, 11) is 0. The molecule has 11 aromatic rings. The first-order valence-corrected chi connectivity index (χ1v) is 23.1. The minimum atomic E-state index is -0.484. The fourth-order valence-electron chi connectivity index (χ4n) is 11.5. The van der Waals surface area contributed by atoms with Crippen LogP contribution < -0.4 is 0 Å². The minimum absolute atomic E-state index is 0.164. The predicted octanol–water partition coefficient (Wildman–Crippen LogP) is 15.2. The highest BCUT2D eigenvalue weighted by Gasteiger charge is 2.51. The van der Waals surface area contributed by atoms with Gasteiger partial charge in [-0.25, -0.2) is 4.98 Å². The molecule has 2 aliphatic rings. The molecule has 0 bridgehead atoms. The molecule has 4 nitrogen and oxygen atoms in total. The molecule has 0 amide bonds. The van der Waals surface area contributed by atoms with Gasteiger partial charge in [-0.05, 0) is 110 Å². The normalized spacial score (nSPS) is 13.4. The largest absolute Gasteiger partial charge is 0.278 e. The van der Waals surface area contributed by atoms with E-state index in [1.807, 2.05) is 6.07 Å². The number of hydrogen-bond donors (Lipinski definition) is 0. The summed E-state index contributed by atoms with van der Waals surface area (Å²) in [5.74, 6) is 2.02. The molecule has 1 unspecified atom stereocenters. The van der Waals surface area contributed by atoms with Crippen LogP contribution in [0.1, 0.15) is 58.2 Å². The molecule has 2 heterocycles. The van der Waals surface area contributed by atoms with Crippen LogP contribution in [0.25, 0.3) is 83.9 Å². The van der Waals surface area contributed by atoms with Gasteiger partial charge >= 0.3 is 0 Å². The number of para-hydroxylation sites is 1. The number of nitrogens with zero attached hydrogens (tertiary/aromatic N) is 4. The Bertz CT molecular complexity index is 3680. The molecule has 0 fully saturated rings. The summed E-state index contributed by atoms with van der Waals surface area (Å²) >= 11 is 0. The summed E-state index contributed by atoms with van der Waals surface area (Å²) in [4.78, 5) is 16.1. The highest BCUT2D eigenvalue weighted by Crippen LogP contribution is 2.63. The second-order valence-corrected chi connectivity index (χ2v) is 17.8. The van der Waals surface area contributed by atoms with Gasteiger partial charge in [0.05, 0.1) is 16.4 Å². The van der Waals surface area contributed by atoms with Crippen molar-refractivity contribution < 1.29 is 0 Å². The van der Waals surface area contributed by atoms with Crippen molar-refractivity contribution in [3.63, 3.8) is 0 Å². The Morgan fingerprint density at radius 2 is 0.985 bits per heavy atom. The van der Waals surface area contributed by atoms with E-state index < -0.39 is 5.41 Å². The molecule has 1 atom stereocenters. The van der Waals surface area contributed by atoms with Crippen LogP contribution in [-0.4, -0.2) is 19.5 Å². The highest BCUT2D eigenvalue weighted by atomic mass is 15.2. The molecule has 312 valence electrons. The van der Waals surface area contributed by atoms with Gasteiger partial charge in [0.25, 0.3) is 0 Å². The van der Waals surface area contributed by atoms with Crippen molar-refractivity contribution in [1.29, 1.82) is 0 Å².